The summed E-state index contributed by atoms with van der Waals surface area (Å²) in [4.78, 5) is 47.8. The van der Waals surface area contributed by atoms with E-state index in [4.69, 9.17) is 5.11 Å². The molecule has 10 heteroatoms. The number of non-ortho nitro benzene ring substituents is 1. The van der Waals surface area contributed by atoms with Gasteiger partial charge in [-0.25, -0.2) is 4.79 Å². The van der Waals surface area contributed by atoms with E-state index in [-0.39, 0.29) is 22.7 Å². The van der Waals surface area contributed by atoms with Gasteiger partial charge >= 0.3 is 5.97 Å². The van der Waals surface area contributed by atoms with Crippen LogP contribution in [0.3, 0.4) is 0 Å². The molecule has 0 aliphatic heterocycles. The minimum Gasteiger partial charge on any atom is -0.478 e. The second kappa shape index (κ2) is 11.8. The van der Waals surface area contributed by atoms with Crippen molar-refractivity contribution in [2.75, 3.05) is 10.6 Å². The highest BCUT2D eigenvalue weighted by Crippen LogP contribution is 2.36. The van der Waals surface area contributed by atoms with Crippen molar-refractivity contribution in [3.8, 4) is 0 Å². The van der Waals surface area contributed by atoms with Gasteiger partial charge in [-0.2, -0.15) is 0 Å². The number of benzene rings is 4. The van der Waals surface area contributed by atoms with Gasteiger partial charge in [0.1, 0.15) is 5.25 Å². The van der Waals surface area contributed by atoms with Crippen molar-refractivity contribution >= 4 is 46.6 Å². The molecule has 0 saturated carbocycles. The maximum Gasteiger partial charge on any atom is 0.335 e. The van der Waals surface area contributed by atoms with Gasteiger partial charge in [0.05, 0.1) is 10.5 Å². The molecule has 4 rings (SSSR count). The first kappa shape index (κ1) is 26.1. The monoisotopic (exact) mass is 527 g/mol. The van der Waals surface area contributed by atoms with E-state index in [0.29, 0.717) is 11.4 Å². The summed E-state index contributed by atoms with van der Waals surface area (Å²) >= 11 is 1.32. The summed E-state index contributed by atoms with van der Waals surface area (Å²) in [6.45, 7) is 0. The molecule has 0 aliphatic carbocycles. The molecule has 0 bridgehead atoms. The Bertz CT molecular complexity index is 1460. The van der Waals surface area contributed by atoms with Crippen LogP contribution in [0.2, 0.25) is 0 Å². The first-order valence-corrected chi connectivity index (χ1v) is 12.2. The third-order valence-electron chi connectivity index (χ3n) is 5.45. The van der Waals surface area contributed by atoms with Crippen LogP contribution in [0.4, 0.5) is 17.1 Å². The zero-order valence-electron chi connectivity index (χ0n) is 19.7. The van der Waals surface area contributed by atoms with Crippen molar-refractivity contribution < 1.29 is 24.4 Å². The third kappa shape index (κ3) is 6.62. The van der Waals surface area contributed by atoms with Crippen molar-refractivity contribution in [3.63, 3.8) is 0 Å². The molecule has 0 aliphatic rings. The van der Waals surface area contributed by atoms with E-state index >= 15 is 0 Å². The molecule has 190 valence electrons. The van der Waals surface area contributed by atoms with Crippen molar-refractivity contribution in [1.29, 1.82) is 0 Å². The summed E-state index contributed by atoms with van der Waals surface area (Å²) in [5, 5.41) is 24.9. The number of anilines is 2. The number of hydrogen-bond donors (Lipinski definition) is 3. The molecule has 38 heavy (non-hydrogen) atoms. The van der Waals surface area contributed by atoms with Gasteiger partial charge < -0.3 is 15.7 Å². The third-order valence-corrected chi connectivity index (χ3v) is 6.71. The quantitative estimate of drug-likeness (QED) is 0.137. The molecule has 0 heterocycles. The van der Waals surface area contributed by atoms with E-state index in [1.165, 1.54) is 60.3 Å². The van der Waals surface area contributed by atoms with Crippen LogP contribution in [0.15, 0.2) is 108 Å². The summed E-state index contributed by atoms with van der Waals surface area (Å²) in [5.41, 5.74) is 2.09. The molecule has 1 atom stereocenters. The van der Waals surface area contributed by atoms with Gasteiger partial charge in [0.2, 0.25) is 5.91 Å². The zero-order valence-corrected chi connectivity index (χ0v) is 20.6. The van der Waals surface area contributed by atoms with Crippen LogP contribution in [0.5, 0.6) is 0 Å². The molecule has 0 fully saturated rings. The lowest BCUT2D eigenvalue weighted by Crippen LogP contribution is -2.19. The van der Waals surface area contributed by atoms with E-state index in [1.807, 2.05) is 30.3 Å². The highest BCUT2D eigenvalue weighted by Gasteiger charge is 2.22. The summed E-state index contributed by atoms with van der Waals surface area (Å²) in [5.74, 6) is -1.73. The molecular weight excluding hydrogens is 506 g/mol. The van der Waals surface area contributed by atoms with Gasteiger partial charge in [-0.3, -0.25) is 19.7 Å². The van der Waals surface area contributed by atoms with E-state index in [1.54, 1.807) is 24.3 Å². The average molecular weight is 528 g/mol. The number of carbonyl (C=O) groups is 3. The van der Waals surface area contributed by atoms with Crippen LogP contribution in [0.25, 0.3) is 0 Å². The zero-order chi connectivity index (χ0) is 27.1. The number of nitro benzene ring substituents is 1. The number of amides is 2. The van der Waals surface area contributed by atoms with Crippen molar-refractivity contribution in [2.24, 2.45) is 0 Å². The molecule has 0 saturated heterocycles. The van der Waals surface area contributed by atoms with Gasteiger partial charge in [0, 0.05) is 34.0 Å². The Labute approximate surface area is 221 Å². The van der Waals surface area contributed by atoms with E-state index < -0.39 is 22.0 Å². The van der Waals surface area contributed by atoms with Gasteiger partial charge in [-0.05, 0) is 66.2 Å². The first-order chi connectivity index (χ1) is 18.3. The van der Waals surface area contributed by atoms with Crippen LogP contribution in [-0.4, -0.2) is 27.8 Å². The van der Waals surface area contributed by atoms with E-state index in [9.17, 15) is 24.5 Å². The maximum atomic E-state index is 13.2. The molecule has 3 N–H and O–H groups in total. The SMILES string of the molecule is O=C(O)c1ccc(NC(=O)C(Sc2ccc(NC(=O)c3ccc([N+](=O)[O-])cc3)cc2)c2ccccc2)cc1. The Hall–Kier alpha value is -4.96. The topological polar surface area (TPSA) is 139 Å². The number of hydrogen-bond acceptors (Lipinski definition) is 6. The minimum atomic E-state index is -1.05. The lowest BCUT2D eigenvalue weighted by Gasteiger charge is -2.17. The van der Waals surface area contributed by atoms with Crippen LogP contribution < -0.4 is 10.6 Å². The fraction of sp³-hybridized carbons (Fsp3) is 0.0357. The number of carboxylic acids is 1. The standard InChI is InChI=1S/C28H21N3O6S/c32-26(19-8-14-23(15-9-19)31(36)37)29-22-12-16-24(17-13-22)38-25(18-4-2-1-3-5-18)27(33)30-21-10-6-20(7-11-21)28(34)35/h1-17,25H,(H,29,32)(H,30,33)(H,34,35). The van der Waals surface area contributed by atoms with Gasteiger partial charge in [-0.1, -0.05) is 30.3 Å². The second-order valence-corrected chi connectivity index (χ2v) is 9.24. The second-order valence-electron chi connectivity index (χ2n) is 8.06. The molecule has 4 aromatic rings. The summed E-state index contributed by atoms with van der Waals surface area (Å²) in [6, 6.07) is 27.4. The Morgan fingerprint density at radius 2 is 1.29 bits per heavy atom. The highest BCUT2D eigenvalue weighted by molar-refractivity contribution is 8.00. The van der Waals surface area contributed by atoms with Crippen molar-refractivity contribution in [3.05, 3.63) is 130 Å². The van der Waals surface area contributed by atoms with Crippen LogP contribution in [-0.2, 0) is 4.79 Å². The molecular formula is C28H21N3O6S. The lowest BCUT2D eigenvalue weighted by molar-refractivity contribution is -0.384. The Balaban J connectivity index is 1.46. The first-order valence-electron chi connectivity index (χ1n) is 11.3. The predicted octanol–water partition coefficient (Wildman–Crippen LogP) is 6.02. The van der Waals surface area contributed by atoms with Gasteiger partial charge in [-0.15, -0.1) is 11.8 Å². The lowest BCUT2D eigenvalue weighted by atomic mass is 10.1. The van der Waals surface area contributed by atoms with Crippen LogP contribution in [0.1, 0.15) is 31.5 Å². The molecule has 0 aromatic heterocycles. The maximum absolute atomic E-state index is 13.2. The normalized spacial score (nSPS) is 11.3. The molecule has 0 radical (unpaired) electrons. The largest absolute Gasteiger partial charge is 0.478 e. The number of nitro groups is 1. The average Bonchev–Trinajstić information content (AvgIpc) is 2.93. The number of thioether (sulfide) groups is 1. The van der Waals surface area contributed by atoms with E-state index in [0.717, 1.165) is 10.5 Å². The number of nitrogens with zero attached hydrogens (tertiary/aromatic N) is 1. The number of carboxylic acid groups (broad SMARTS) is 1. The van der Waals surface area contributed by atoms with Gasteiger partial charge in [0.25, 0.3) is 11.6 Å². The molecule has 9 nitrogen and oxygen atoms in total. The molecule has 1 unspecified atom stereocenters. The van der Waals surface area contributed by atoms with Crippen LogP contribution >= 0.6 is 11.8 Å². The van der Waals surface area contributed by atoms with E-state index in [2.05, 4.69) is 10.6 Å². The highest BCUT2D eigenvalue weighted by atomic mass is 32.2. The fourth-order valence-corrected chi connectivity index (χ4v) is 4.52. The van der Waals surface area contributed by atoms with Gasteiger partial charge in [0.15, 0.2) is 0 Å². The number of aromatic carboxylic acids is 1. The smallest absolute Gasteiger partial charge is 0.335 e. The van der Waals surface area contributed by atoms with Crippen LogP contribution in [0, 0.1) is 10.1 Å². The number of carbonyl (C=O) groups excluding carboxylic acids is 2. The summed E-state index contributed by atoms with van der Waals surface area (Å²) in [6.07, 6.45) is 0. The predicted molar refractivity (Wildman–Crippen MR) is 145 cm³/mol. The Kier molecular flexibility index (Phi) is 8.14. The minimum absolute atomic E-state index is 0.0998. The van der Waals surface area contributed by atoms with Crippen molar-refractivity contribution in [1.82, 2.24) is 0 Å². The summed E-state index contributed by atoms with van der Waals surface area (Å²) in [7, 11) is 0. The molecule has 4 aromatic carbocycles. The summed E-state index contributed by atoms with van der Waals surface area (Å²) < 4.78 is 0. The Morgan fingerprint density at radius 3 is 1.87 bits per heavy atom. The fourth-order valence-electron chi connectivity index (χ4n) is 3.50. The van der Waals surface area contributed by atoms with Crippen molar-refractivity contribution in [2.45, 2.75) is 10.1 Å². The molecule has 2 amide bonds. The Morgan fingerprint density at radius 1 is 0.737 bits per heavy atom. The molecule has 0 spiro atoms. The number of nitrogens with one attached hydrogen (secondary N) is 2. The number of rotatable bonds is 9.